The first kappa shape index (κ1) is 21.1. The van der Waals surface area contributed by atoms with Gasteiger partial charge in [-0.1, -0.05) is 19.4 Å². The molecule has 2 aromatic heterocycles. The third-order valence-electron chi connectivity index (χ3n) is 3.92. The van der Waals surface area contributed by atoms with Crippen molar-refractivity contribution in [2.45, 2.75) is 25.3 Å². The first-order valence-electron chi connectivity index (χ1n) is 8.44. The molecule has 1 aromatic carbocycles. The number of rotatable bonds is 6. The Labute approximate surface area is 169 Å². The molecule has 2 N–H and O–H groups in total. The van der Waals surface area contributed by atoms with Gasteiger partial charge in [0.15, 0.2) is 0 Å². The van der Waals surface area contributed by atoms with Crippen LogP contribution in [0.15, 0.2) is 41.9 Å². The first-order valence-corrected chi connectivity index (χ1v) is 10.8. The van der Waals surface area contributed by atoms with Crippen LogP contribution in [0.25, 0.3) is 21.8 Å². The number of thiazole rings is 1. The van der Waals surface area contributed by atoms with Gasteiger partial charge in [-0.05, 0) is 30.7 Å². The molecule has 3 rings (SSSR count). The lowest BCUT2D eigenvalue weighted by atomic mass is 10.1. The van der Waals surface area contributed by atoms with Crippen LogP contribution in [0, 0.1) is 0 Å². The van der Waals surface area contributed by atoms with Crippen LogP contribution >= 0.6 is 11.3 Å². The standard InChI is InChI=1S/C18H16F3N3O3S2/c1-2-3-13-8-12(6-7-22-13)17-23-15(10-28-17)11-4-5-14(16(25)9-11)24-29(26,27)18(19,20)21/h4-10,24-25H,2-3H2,1H3. The Morgan fingerprint density at radius 3 is 2.59 bits per heavy atom. The van der Waals surface area contributed by atoms with E-state index in [-0.39, 0.29) is 0 Å². The summed E-state index contributed by atoms with van der Waals surface area (Å²) in [6, 6.07) is 7.36. The van der Waals surface area contributed by atoms with Crippen molar-refractivity contribution in [1.82, 2.24) is 9.97 Å². The molecule has 0 aliphatic carbocycles. The molecule has 0 atom stereocenters. The second-order valence-corrected chi connectivity index (χ2v) is 8.64. The van der Waals surface area contributed by atoms with Gasteiger partial charge in [0.25, 0.3) is 0 Å². The Morgan fingerprint density at radius 2 is 1.93 bits per heavy atom. The Balaban J connectivity index is 1.86. The van der Waals surface area contributed by atoms with E-state index in [0.717, 1.165) is 41.2 Å². The van der Waals surface area contributed by atoms with Crippen LogP contribution < -0.4 is 4.72 Å². The average molecular weight is 443 g/mol. The van der Waals surface area contributed by atoms with Crippen molar-refractivity contribution < 1.29 is 26.7 Å². The number of sulfonamides is 1. The number of phenolic OH excluding ortho intramolecular Hbond substituents is 1. The van der Waals surface area contributed by atoms with Gasteiger partial charge >= 0.3 is 15.5 Å². The van der Waals surface area contributed by atoms with Crippen molar-refractivity contribution >= 4 is 27.0 Å². The number of aromatic nitrogens is 2. The number of nitrogens with zero attached hydrogens (tertiary/aromatic N) is 2. The van der Waals surface area contributed by atoms with Crippen LogP contribution in [0.5, 0.6) is 5.75 Å². The molecule has 0 bridgehead atoms. The van der Waals surface area contributed by atoms with Crippen molar-refractivity contribution in [2.75, 3.05) is 4.72 Å². The number of phenols is 1. The fraction of sp³-hybridized carbons (Fsp3) is 0.222. The second-order valence-electron chi connectivity index (χ2n) is 6.11. The van der Waals surface area contributed by atoms with Crippen LogP contribution in [-0.2, 0) is 16.4 Å². The predicted octanol–water partition coefficient (Wildman–Crippen LogP) is 4.79. The highest BCUT2D eigenvalue weighted by Crippen LogP contribution is 2.35. The molecule has 154 valence electrons. The summed E-state index contributed by atoms with van der Waals surface area (Å²) in [6.07, 6.45) is 3.51. The largest absolute Gasteiger partial charge is 0.516 e. The number of hydrogen-bond donors (Lipinski definition) is 2. The van der Waals surface area contributed by atoms with Gasteiger partial charge in [0, 0.05) is 28.4 Å². The van der Waals surface area contributed by atoms with Gasteiger partial charge in [0.2, 0.25) is 0 Å². The van der Waals surface area contributed by atoms with E-state index in [1.807, 2.05) is 12.1 Å². The second kappa shape index (κ2) is 7.99. The Kier molecular flexibility index (Phi) is 5.80. The van der Waals surface area contributed by atoms with Gasteiger partial charge in [-0.15, -0.1) is 11.3 Å². The molecule has 29 heavy (non-hydrogen) atoms. The van der Waals surface area contributed by atoms with Gasteiger partial charge < -0.3 is 5.11 Å². The maximum Gasteiger partial charge on any atom is 0.516 e. The smallest absolute Gasteiger partial charge is 0.506 e. The minimum absolute atomic E-state index is 0.433. The van der Waals surface area contributed by atoms with E-state index in [1.165, 1.54) is 22.1 Å². The quantitative estimate of drug-likeness (QED) is 0.535. The molecular formula is C18H16F3N3O3S2. The molecule has 6 nitrogen and oxygen atoms in total. The van der Waals surface area contributed by atoms with Crippen molar-refractivity contribution in [3.63, 3.8) is 0 Å². The Hall–Kier alpha value is -2.66. The van der Waals surface area contributed by atoms with Crippen LogP contribution in [0.2, 0.25) is 0 Å². The topological polar surface area (TPSA) is 92.2 Å². The number of nitrogens with one attached hydrogen (secondary N) is 1. The third-order valence-corrected chi connectivity index (χ3v) is 5.91. The highest BCUT2D eigenvalue weighted by molar-refractivity contribution is 7.93. The molecule has 0 saturated carbocycles. The predicted molar refractivity (Wildman–Crippen MR) is 105 cm³/mol. The minimum Gasteiger partial charge on any atom is -0.506 e. The molecule has 0 unspecified atom stereocenters. The lowest BCUT2D eigenvalue weighted by Crippen LogP contribution is -2.29. The van der Waals surface area contributed by atoms with Crippen LogP contribution in [-0.4, -0.2) is 29.0 Å². The number of pyridine rings is 1. The highest BCUT2D eigenvalue weighted by atomic mass is 32.2. The minimum atomic E-state index is -5.62. The summed E-state index contributed by atoms with van der Waals surface area (Å²) in [7, 11) is -5.62. The van der Waals surface area contributed by atoms with Gasteiger partial charge in [-0.2, -0.15) is 21.6 Å². The summed E-state index contributed by atoms with van der Waals surface area (Å²) in [5, 5.41) is 12.4. The van der Waals surface area contributed by atoms with E-state index in [1.54, 1.807) is 11.6 Å². The zero-order chi connectivity index (χ0) is 21.2. The van der Waals surface area contributed by atoms with E-state index in [9.17, 15) is 26.7 Å². The van der Waals surface area contributed by atoms with Crippen LogP contribution in [0.1, 0.15) is 19.0 Å². The van der Waals surface area contributed by atoms with E-state index >= 15 is 0 Å². The molecule has 0 spiro atoms. The zero-order valence-corrected chi connectivity index (χ0v) is 16.7. The van der Waals surface area contributed by atoms with Crippen molar-refractivity contribution in [3.05, 3.63) is 47.6 Å². The number of aryl methyl sites for hydroxylation is 1. The molecule has 3 aromatic rings. The number of halogens is 3. The number of alkyl halides is 3. The fourth-order valence-corrected chi connectivity index (χ4v) is 3.93. The van der Waals surface area contributed by atoms with Crippen molar-refractivity contribution in [1.29, 1.82) is 0 Å². The lowest BCUT2D eigenvalue weighted by Gasteiger charge is -2.12. The highest BCUT2D eigenvalue weighted by Gasteiger charge is 2.46. The molecule has 0 aliphatic rings. The van der Waals surface area contributed by atoms with Gasteiger partial charge in [-0.25, -0.2) is 4.98 Å². The lowest BCUT2D eigenvalue weighted by molar-refractivity contribution is -0.0429. The van der Waals surface area contributed by atoms with Crippen molar-refractivity contribution in [2.24, 2.45) is 0 Å². The summed E-state index contributed by atoms with van der Waals surface area (Å²) in [6.45, 7) is 2.06. The average Bonchev–Trinajstić information content (AvgIpc) is 3.13. The number of benzene rings is 1. The van der Waals surface area contributed by atoms with Crippen LogP contribution in [0.4, 0.5) is 18.9 Å². The zero-order valence-electron chi connectivity index (χ0n) is 15.1. The summed E-state index contributed by atoms with van der Waals surface area (Å²) < 4.78 is 61.2. The van der Waals surface area contributed by atoms with Gasteiger partial charge in [0.1, 0.15) is 10.8 Å². The molecule has 0 saturated heterocycles. The summed E-state index contributed by atoms with van der Waals surface area (Å²) in [4.78, 5) is 8.79. The maximum atomic E-state index is 12.5. The molecule has 11 heteroatoms. The monoisotopic (exact) mass is 443 g/mol. The fourth-order valence-electron chi connectivity index (χ4n) is 2.52. The summed E-state index contributed by atoms with van der Waals surface area (Å²) in [5.41, 5.74) is -3.29. The summed E-state index contributed by atoms with van der Waals surface area (Å²) >= 11 is 1.37. The van der Waals surface area contributed by atoms with E-state index in [2.05, 4.69) is 16.9 Å². The van der Waals surface area contributed by atoms with E-state index in [0.29, 0.717) is 11.3 Å². The normalized spacial score (nSPS) is 12.1. The molecule has 0 radical (unpaired) electrons. The number of anilines is 1. The van der Waals surface area contributed by atoms with Gasteiger partial charge in [-0.3, -0.25) is 9.71 Å². The molecule has 0 amide bonds. The molecule has 0 aliphatic heterocycles. The van der Waals surface area contributed by atoms with E-state index < -0.39 is 27.0 Å². The molecule has 0 fully saturated rings. The molecular weight excluding hydrogens is 427 g/mol. The third kappa shape index (κ3) is 4.67. The van der Waals surface area contributed by atoms with E-state index in [4.69, 9.17) is 0 Å². The maximum absolute atomic E-state index is 12.5. The van der Waals surface area contributed by atoms with Gasteiger partial charge in [0.05, 0.1) is 11.4 Å². The van der Waals surface area contributed by atoms with Crippen LogP contribution in [0.3, 0.4) is 0 Å². The number of hydrogen-bond acceptors (Lipinski definition) is 6. The summed E-state index contributed by atoms with van der Waals surface area (Å²) in [5.74, 6) is -0.640. The SMILES string of the molecule is CCCc1cc(-c2nc(-c3ccc(NS(=O)(=O)C(F)(F)F)c(O)c3)cs2)ccn1. The first-order chi connectivity index (χ1) is 13.6. The van der Waals surface area contributed by atoms with Crippen molar-refractivity contribution in [3.8, 4) is 27.6 Å². The molecule has 2 heterocycles. The Morgan fingerprint density at radius 1 is 1.17 bits per heavy atom. The number of aromatic hydroxyl groups is 1. The Bertz CT molecular complexity index is 1130.